The molecule has 5 rings (SSSR count). The lowest BCUT2D eigenvalue weighted by atomic mass is 10.0. The lowest BCUT2D eigenvalue weighted by molar-refractivity contribution is -0.142. The van der Waals surface area contributed by atoms with Crippen LogP contribution in [0.15, 0.2) is 60.7 Å². The molecular weight excluding hydrogens is 420 g/mol. The molecule has 3 aromatic rings. The molecule has 1 fully saturated rings. The Labute approximate surface area is 192 Å². The number of rotatable bonds is 4. The molecule has 0 N–H and O–H groups in total. The Morgan fingerprint density at radius 3 is 2.45 bits per heavy atom. The average molecular weight is 447 g/mol. The van der Waals surface area contributed by atoms with Crippen LogP contribution in [0.3, 0.4) is 0 Å². The zero-order valence-electron chi connectivity index (χ0n) is 18.5. The van der Waals surface area contributed by atoms with Crippen LogP contribution in [0.4, 0.5) is 5.69 Å². The Kier molecular flexibility index (Phi) is 5.88. The third kappa shape index (κ3) is 4.12. The van der Waals surface area contributed by atoms with E-state index in [1.807, 2.05) is 61.5 Å². The van der Waals surface area contributed by atoms with Crippen molar-refractivity contribution in [3.63, 3.8) is 0 Å². The predicted octanol–water partition coefficient (Wildman–Crippen LogP) is 3.51. The van der Waals surface area contributed by atoms with Crippen LogP contribution in [-0.4, -0.2) is 62.3 Å². The van der Waals surface area contributed by atoms with E-state index in [0.717, 1.165) is 10.8 Å². The molecule has 1 saturated heterocycles. The van der Waals surface area contributed by atoms with Crippen molar-refractivity contribution < 1.29 is 23.8 Å². The van der Waals surface area contributed by atoms with Gasteiger partial charge in [0.1, 0.15) is 11.5 Å². The van der Waals surface area contributed by atoms with Crippen molar-refractivity contribution in [2.45, 2.75) is 13.0 Å². The summed E-state index contributed by atoms with van der Waals surface area (Å²) in [7, 11) is 0. The van der Waals surface area contributed by atoms with E-state index in [4.69, 9.17) is 14.2 Å². The summed E-state index contributed by atoms with van der Waals surface area (Å²) in [5, 5.41) is 1.95. The molecule has 1 unspecified atom stereocenters. The molecule has 0 radical (unpaired) electrons. The summed E-state index contributed by atoms with van der Waals surface area (Å²) in [6, 6.07) is 18.9. The number of carbonyl (C=O) groups excluding carboxylic acids is 2. The second kappa shape index (κ2) is 9.11. The van der Waals surface area contributed by atoms with Crippen LogP contribution in [0, 0.1) is 0 Å². The Bertz CT molecular complexity index is 1190. The number of nitrogens with zero attached hydrogens (tertiary/aromatic N) is 2. The Morgan fingerprint density at radius 2 is 1.70 bits per heavy atom. The molecule has 0 bridgehead atoms. The van der Waals surface area contributed by atoms with E-state index in [9.17, 15) is 9.59 Å². The zero-order chi connectivity index (χ0) is 22.8. The highest BCUT2D eigenvalue weighted by molar-refractivity contribution is 6.11. The molecule has 2 heterocycles. The van der Waals surface area contributed by atoms with Gasteiger partial charge in [0.2, 0.25) is 0 Å². The van der Waals surface area contributed by atoms with Gasteiger partial charge in [0, 0.05) is 13.1 Å². The number of benzene rings is 3. The van der Waals surface area contributed by atoms with Crippen molar-refractivity contribution in [2.24, 2.45) is 0 Å². The number of carbonyl (C=O) groups is 2. The first kappa shape index (κ1) is 21.3. The molecule has 2 amide bonds. The number of fused-ring (bicyclic) bond motifs is 2. The van der Waals surface area contributed by atoms with E-state index < -0.39 is 6.10 Å². The smallest absolute Gasteiger partial charge is 0.265 e. The van der Waals surface area contributed by atoms with Gasteiger partial charge in [-0.25, -0.2) is 0 Å². The van der Waals surface area contributed by atoms with Crippen LogP contribution in [0.25, 0.3) is 10.8 Å². The zero-order valence-corrected chi connectivity index (χ0v) is 18.5. The SMILES string of the molecule is CCOc1cc2ccccc2cc1C(=O)N1CC(C(=O)N2CCOCC2)Oc2ccccc21. The molecule has 7 nitrogen and oxygen atoms in total. The van der Waals surface area contributed by atoms with Crippen molar-refractivity contribution >= 4 is 28.3 Å². The van der Waals surface area contributed by atoms with Gasteiger partial charge in [-0.2, -0.15) is 0 Å². The fourth-order valence-electron chi connectivity index (χ4n) is 4.35. The number of anilines is 1. The van der Waals surface area contributed by atoms with Gasteiger partial charge in [-0.1, -0.05) is 36.4 Å². The number of morpholine rings is 1. The highest BCUT2D eigenvalue weighted by Gasteiger charge is 2.37. The van der Waals surface area contributed by atoms with Gasteiger partial charge in [-0.3, -0.25) is 9.59 Å². The summed E-state index contributed by atoms with van der Waals surface area (Å²) in [4.78, 5) is 30.5. The molecule has 1 atom stereocenters. The van der Waals surface area contributed by atoms with E-state index in [-0.39, 0.29) is 18.4 Å². The minimum absolute atomic E-state index is 0.129. The Hall–Kier alpha value is -3.58. The molecule has 170 valence electrons. The molecule has 2 aliphatic heterocycles. The van der Waals surface area contributed by atoms with Crippen LogP contribution < -0.4 is 14.4 Å². The van der Waals surface area contributed by atoms with Crippen LogP contribution in [0.5, 0.6) is 11.5 Å². The average Bonchev–Trinajstić information content (AvgIpc) is 2.87. The summed E-state index contributed by atoms with van der Waals surface area (Å²) in [5.41, 5.74) is 1.11. The number of para-hydroxylation sites is 2. The van der Waals surface area contributed by atoms with Crippen molar-refractivity contribution in [1.82, 2.24) is 4.90 Å². The second-order valence-corrected chi connectivity index (χ2v) is 8.06. The summed E-state index contributed by atoms with van der Waals surface area (Å²) in [6.07, 6.45) is -0.780. The van der Waals surface area contributed by atoms with Gasteiger partial charge in [0.15, 0.2) is 6.10 Å². The van der Waals surface area contributed by atoms with Crippen LogP contribution in [0.1, 0.15) is 17.3 Å². The van der Waals surface area contributed by atoms with Crippen LogP contribution >= 0.6 is 0 Å². The summed E-state index contributed by atoms with van der Waals surface area (Å²) < 4.78 is 17.3. The molecule has 2 aliphatic rings. The first-order chi connectivity index (χ1) is 16.2. The van der Waals surface area contributed by atoms with Gasteiger partial charge in [0.25, 0.3) is 11.8 Å². The summed E-state index contributed by atoms with van der Waals surface area (Å²) in [5.74, 6) is 0.692. The highest BCUT2D eigenvalue weighted by atomic mass is 16.5. The van der Waals surface area contributed by atoms with Gasteiger partial charge in [-0.15, -0.1) is 0 Å². The van der Waals surface area contributed by atoms with E-state index in [1.165, 1.54) is 0 Å². The van der Waals surface area contributed by atoms with E-state index >= 15 is 0 Å². The molecule has 0 saturated carbocycles. The number of ether oxygens (including phenoxy) is 3. The molecule has 33 heavy (non-hydrogen) atoms. The quantitative estimate of drug-likeness (QED) is 0.614. The van der Waals surface area contributed by atoms with E-state index in [2.05, 4.69) is 0 Å². The molecule has 0 aromatic heterocycles. The van der Waals surface area contributed by atoms with Crippen molar-refractivity contribution in [3.05, 3.63) is 66.2 Å². The van der Waals surface area contributed by atoms with Crippen molar-refractivity contribution in [3.8, 4) is 11.5 Å². The topological polar surface area (TPSA) is 68.3 Å². The fourth-order valence-corrected chi connectivity index (χ4v) is 4.35. The summed E-state index contributed by atoms with van der Waals surface area (Å²) in [6.45, 7) is 4.52. The first-order valence-corrected chi connectivity index (χ1v) is 11.3. The number of hydrogen-bond acceptors (Lipinski definition) is 5. The van der Waals surface area contributed by atoms with Crippen LogP contribution in [0.2, 0.25) is 0 Å². The lowest BCUT2D eigenvalue weighted by Gasteiger charge is -2.37. The third-order valence-electron chi connectivity index (χ3n) is 6.00. The van der Waals surface area contributed by atoms with Gasteiger partial charge in [0.05, 0.1) is 37.6 Å². The molecular formula is C26H26N2O5. The molecule has 0 aliphatic carbocycles. The van der Waals surface area contributed by atoms with Gasteiger partial charge >= 0.3 is 0 Å². The summed E-state index contributed by atoms with van der Waals surface area (Å²) >= 11 is 0. The number of hydrogen-bond donors (Lipinski definition) is 0. The normalized spacial score (nSPS) is 17.9. The van der Waals surface area contributed by atoms with E-state index in [1.54, 1.807) is 15.9 Å². The molecule has 3 aromatic carbocycles. The van der Waals surface area contributed by atoms with Gasteiger partial charge < -0.3 is 24.0 Å². The van der Waals surface area contributed by atoms with Crippen molar-refractivity contribution in [2.75, 3.05) is 44.4 Å². The first-order valence-electron chi connectivity index (χ1n) is 11.3. The predicted molar refractivity (Wildman–Crippen MR) is 125 cm³/mol. The largest absolute Gasteiger partial charge is 0.493 e. The molecule has 7 heteroatoms. The van der Waals surface area contributed by atoms with Crippen LogP contribution in [-0.2, 0) is 9.53 Å². The standard InChI is InChI=1S/C26H26N2O5/c1-2-32-23-16-19-8-4-3-7-18(19)15-20(23)25(29)28-17-24(26(30)27-11-13-31-14-12-27)33-22-10-6-5-9-21(22)28/h3-10,15-16,24H,2,11-14,17H2,1H3. The maximum absolute atomic E-state index is 13.9. The molecule has 0 spiro atoms. The monoisotopic (exact) mass is 446 g/mol. The fraction of sp³-hybridized carbons (Fsp3) is 0.308. The maximum atomic E-state index is 13.9. The number of amides is 2. The highest BCUT2D eigenvalue weighted by Crippen LogP contribution is 2.36. The second-order valence-electron chi connectivity index (χ2n) is 8.06. The van der Waals surface area contributed by atoms with E-state index in [0.29, 0.717) is 55.7 Å². The minimum Gasteiger partial charge on any atom is -0.493 e. The Balaban J connectivity index is 1.52. The minimum atomic E-state index is -0.780. The third-order valence-corrected chi connectivity index (χ3v) is 6.00. The van der Waals surface area contributed by atoms with Gasteiger partial charge in [-0.05, 0) is 42.0 Å². The van der Waals surface area contributed by atoms with Crippen molar-refractivity contribution in [1.29, 1.82) is 0 Å². The maximum Gasteiger partial charge on any atom is 0.265 e. The Morgan fingerprint density at radius 1 is 1.00 bits per heavy atom. The lowest BCUT2D eigenvalue weighted by Crippen LogP contribution is -2.54.